The molecule has 0 bridgehead atoms. The van der Waals surface area contributed by atoms with E-state index in [9.17, 15) is 24.2 Å². The van der Waals surface area contributed by atoms with Crippen LogP contribution in [-0.2, 0) is 9.53 Å². The molecule has 0 unspecified atom stereocenters. The van der Waals surface area contributed by atoms with E-state index in [0.717, 1.165) is 0 Å². The molecule has 0 aliphatic carbocycles. The number of benzene rings is 1. The molecule has 2 amide bonds. The van der Waals surface area contributed by atoms with Crippen LogP contribution in [0.25, 0.3) is 0 Å². The summed E-state index contributed by atoms with van der Waals surface area (Å²) >= 11 is 0. The van der Waals surface area contributed by atoms with E-state index >= 15 is 0 Å². The number of piperidine rings is 1. The van der Waals surface area contributed by atoms with Gasteiger partial charge < -0.3 is 29.5 Å². The van der Waals surface area contributed by atoms with Gasteiger partial charge in [-0.3, -0.25) is 9.69 Å². The van der Waals surface area contributed by atoms with Gasteiger partial charge in [0.05, 0.1) is 18.8 Å². The van der Waals surface area contributed by atoms with Gasteiger partial charge in [-0.25, -0.2) is 9.18 Å². The van der Waals surface area contributed by atoms with Crippen molar-refractivity contribution in [3.63, 3.8) is 0 Å². The van der Waals surface area contributed by atoms with Crippen LogP contribution in [0.2, 0.25) is 0 Å². The molecule has 2 fully saturated rings. The molecule has 1 aromatic carbocycles. The lowest BCUT2D eigenvalue weighted by molar-refractivity contribution is -0.132. The summed E-state index contributed by atoms with van der Waals surface area (Å²) in [5.41, 5.74) is -1.97. The topological polar surface area (TPSA) is 103 Å². The molecule has 34 heavy (non-hydrogen) atoms. The van der Waals surface area contributed by atoms with Gasteiger partial charge in [0.1, 0.15) is 23.8 Å². The number of hydrogen-bond acceptors (Lipinski definition) is 7. The quantitative estimate of drug-likeness (QED) is 0.633. The normalized spacial score (nSPS) is 23.4. The van der Waals surface area contributed by atoms with Gasteiger partial charge >= 0.3 is 6.09 Å². The molecular formula is C24H36FN3O6. The van der Waals surface area contributed by atoms with Crippen molar-refractivity contribution in [2.45, 2.75) is 44.8 Å². The molecule has 0 spiro atoms. The highest BCUT2D eigenvalue weighted by Gasteiger charge is 2.41. The Hall–Kier alpha value is -2.43. The van der Waals surface area contributed by atoms with Gasteiger partial charge in [-0.15, -0.1) is 0 Å². The number of ether oxygens (including phenoxy) is 2. The maximum Gasteiger partial charge on any atom is 0.409 e. The van der Waals surface area contributed by atoms with Crippen molar-refractivity contribution >= 4 is 12.0 Å². The Labute approximate surface area is 200 Å². The van der Waals surface area contributed by atoms with Crippen LogP contribution in [0.3, 0.4) is 0 Å². The van der Waals surface area contributed by atoms with E-state index in [-0.39, 0.29) is 37.5 Å². The Kier molecular flexibility index (Phi) is 8.38. The van der Waals surface area contributed by atoms with Gasteiger partial charge in [0.25, 0.3) is 0 Å². The summed E-state index contributed by atoms with van der Waals surface area (Å²) in [7, 11) is 0. The number of hydrogen-bond donors (Lipinski definition) is 2. The van der Waals surface area contributed by atoms with E-state index in [1.165, 1.54) is 19.1 Å². The first-order chi connectivity index (χ1) is 16.0. The van der Waals surface area contributed by atoms with Crippen LogP contribution in [0.5, 0.6) is 5.75 Å². The van der Waals surface area contributed by atoms with Gasteiger partial charge in [0, 0.05) is 46.2 Å². The minimum Gasteiger partial charge on any atom is -0.490 e. The standard InChI is InChI=1S/C24H36FN3O6/c1-4-33-22(30)27-9-7-23(31,8-10-27)14-26-11-12-28(19(3)29)16-24(32,15-26)17-34-20-5-6-21(25)18(2)13-20/h5-6,13,31-32H,4,7-12,14-17H2,1-3H3/t24-/m0/s1. The van der Waals surface area contributed by atoms with Crippen LogP contribution < -0.4 is 4.74 Å². The molecule has 2 saturated heterocycles. The third-order valence-electron chi connectivity index (χ3n) is 6.51. The highest BCUT2D eigenvalue weighted by Crippen LogP contribution is 2.26. The van der Waals surface area contributed by atoms with Crippen molar-refractivity contribution in [2.24, 2.45) is 0 Å². The summed E-state index contributed by atoms with van der Waals surface area (Å²) in [6.07, 6.45) is 0.407. The second kappa shape index (κ2) is 10.9. The van der Waals surface area contributed by atoms with Gasteiger partial charge in [-0.05, 0) is 50.5 Å². The molecule has 0 radical (unpaired) electrons. The summed E-state index contributed by atoms with van der Waals surface area (Å²) < 4.78 is 24.4. The second-order valence-corrected chi connectivity index (χ2v) is 9.49. The number of carbonyl (C=O) groups excluding carboxylic acids is 2. The Balaban J connectivity index is 1.66. The van der Waals surface area contributed by atoms with E-state index in [1.807, 2.05) is 4.90 Å². The summed E-state index contributed by atoms with van der Waals surface area (Å²) in [4.78, 5) is 29.2. The summed E-state index contributed by atoms with van der Waals surface area (Å²) in [5, 5.41) is 22.6. The number of aryl methyl sites for hydroxylation is 1. The molecular weight excluding hydrogens is 445 g/mol. The zero-order valence-corrected chi connectivity index (χ0v) is 20.3. The number of halogens is 1. The SMILES string of the molecule is CCOC(=O)N1CCC(O)(CN2CCN(C(C)=O)C[C@](O)(COc3ccc(F)c(C)c3)C2)CC1. The maximum absolute atomic E-state index is 13.6. The van der Waals surface area contributed by atoms with Crippen molar-refractivity contribution in [2.75, 3.05) is 59.0 Å². The van der Waals surface area contributed by atoms with Crippen molar-refractivity contribution in [1.29, 1.82) is 0 Å². The van der Waals surface area contributed by atoms with Crippen LogP contribution in [0.15, 0.2) is 18.2 Å². The summed E-state index contributed by atoms with van der Waals surface area (Å²) in [6.45, 7) is 7.33. The van der Waals surface area contributed by atoms with Crippen LogP contribution in [-0.4, -0.2) is 107 Å². The summed E-state index contributed by atoms with van der Waals surface area (Å²) in [5.74, 6) is -0.0569. The second-order valence-electron chi connectivity index (χ2n) is 9.49. The largest absolute Gasteiger partial charge is 0.490 e. The van der Waals surface area contributed by atoms with E-state index in [2.05, 4.69) is 0 Å². The monoisotopic (exact) mass is 481 g/mol. The van der Waals surface area contributed by atoms with Crippen LogP contribution in [0, 0.1) is 12.7 Å². The van der Waals surface area contributed by atoms with Crippen molar-refractivity contribution < 1.29 is 33.7 Å². The van der Waals surface area contributed by atoms with Crippen molar-refractivity contribution in [1.82, 2.24) is 14.7 Å². The molecule has 2 aliphatic rings. The number of carbonyl (C=O) groups is 2. The number of nitrogens with zero attached hydrogens (tertiary/aromatic N) is 3. The van der Waals surface area contributed by atoms with Crippen LogP contribution >= 0.6 is 0 Å². The predicted molar refractivity (Wildman–Crippen MR) is 123 cm³/mol. The van der Waals surface area contributed by atoms with Crippen LogP contribution in [0.1, 0.15) is 32.3 Å². The average molecular weight is 482 g/mol. The van der Waals surface area contributed by atoms with Gasteiger partial charge in [0.2, 0.25) is 5.91 Å². The average Bonchev–Trinajstić information content (AvgIpc) is 2.94. The molecule has 3 rings (SSSR count). The fraction of sp³-hybridized carbons (Fsp3) is 0.667. The Morgan fingerprint density at radius 1 is 1.06 bits per heavy atom. The molecule has 9 nitrogen and oxygen atoms in total. The molecule has 2 heterocycles. The third-order valence-corrected chi connectivity index (χ3v) is 6.51. The first-order valence-corrected chi connectivity index (χ1v) is 11.8. The van der Waals surface area contributed by atoms with Gasteiger partial charge in [-0.1, -0.05) is 0 Å². The van der Waals surface area contributed by atoms with Gasteiger partial charge in [-0.2, -0.15) is 0 Å². The third kappa shape index (κ3) is 6.80. The lowest BCUT2D eigenvalue weighted by atomic mass is 9.90. The number of β-amino-alcohol motifs (C(OH)–C–C–N with tert-alkyl or cyclic N) is 2. The van der Waals surface area contributed by atoms with Crippen molar-refractivity contribution in [3.05, 3.63) is 29.6 Å². The highest BCUT2D eigenvalue weighted by molar-refractivity contribution is 5.73. The molecule has 2 aliphatic heterocycles. The smallest absolute Gasteiger partial charge is 0.409 e. The first-order valence-electron chi connectivity index (χ1n) is 11.8. The zero-order chi connectivity index (χ0) is 24.9. The fourth-order valence-corrected chi connectivity index (χ4v) is 4.56. The number of rotatable bonds is 6. The van der Waals surface area contributed by atoms with E-state index in [4.69, 9.17) is 9.47 Å². The zero-order valence-electron chi connectivity index (χ0n) is 20.3. The number of amides is 2. The van der Waals surface area contributed by atoms with E-state index in [0.29, 0.717) is 63.5 Å². The minimum atomic E-state index is -1.38. The lowest BCUT2D eigenvalue weighted by Gasteiger charge is -2.41. The van der Waals surface area contributed by atoms with Gasteiger partial charge in [0.15, 0.2) is 0 Å². The highest BCUT2D eigenvalue weighted by atomic mass is 19.1. The number of aliphatic hydroxyl groups is 2. The first kappa shape index (κ1) is 26.2. The van der Waals surface area contributed by atoms with Crippen molar-refractivity contribution in [3.8, 4) is 5.75 Å². The fourth-order valence-electron chi connectivity index (χ4n) is 4.56. The lowest BCUT2D eigenvalue weighted by Crippen LogP contribution is -2.56. The molecule has 10 heteroatoms. The van der Waals surface area contributed by atoms with E-state index in [1.54, 1.807) is 29.7 Å². The summed E-state index contributed by atoms with van der Waals surface area (Å²) in [6, 6.07) is 4.38. The Morgan fingerprint density at radius 3 is 2.38 bits per heavy atom. The molecule has 2 N–H and O–H groups in total. The number of likely N-dealkylation sites (tertiary alicyclic amines) is 1. The Morgan fingerprint density at radius 2 is 1.76 bits per heavy atom. The molecule has 190 valence electrons. The van der Waals surface area contributed by atoms with Crippen LogP contribution in [0.4, 0.5) is 9.18 Å². The minimum absolute atomic E-state index is 0.0899. The predicted octanol–water partition coefficient (Wildman–Crippen LogP) is 1.39. The van der Waals surface area contributed by atoms with E-state index < -0.39 is 11.2 Å². The molecule has 0 aromatic heterocycles. The Bertz CT molecular complexity index is 876. The molecule has 0 saturated carbocycles. The molecule has 1 atom stereocenters. The molecule has 1 aromatic rings. The maximum atomic E-state index is 13.6.